The normalized spacial score (nSPS) is 16.4. The Balaban J connectivity index is 0.000000441. The summed E-state index contributed by atoms with van der Waals surface area (Å²) in [6.07, 6.45) is 2.68. The molecule has 4 heterocycles. The molecule has 1 aromatic carbocycles. The number of carbonyl (C=O) groups is 2. The van der Waals surface area contributed by atoms with Crippen molar-refractivity contribution in [2.75, 3.05) is 66.4 Å². The molecule has 23 heteroatoms. The van der Waals surface area contributed by atoms with Gasteiger partial charge in [-0.2, -0.15) is 5.10 Å². The highest BCUT2D eigenvalue weighted by Crippen LogP contribution is 2.44. The van der Waals surface area contributed by atoms with E-state index >= 15 is 0 Å². The van der Waals surface area contributed by atoms with Gasteiger partial charge in [-0.1, -0.05) is 12.1 Å². The lowest BCUT2D eigenvalue weighted by Gasteiger charge is -2.46. The molecule has 56 heavy (non-hydrogen) atoms. The van der Waals surface area contributed by atoms with E-state index in [9.17, 15) is 14.2 Å². The summed E-state index contributed by atoms with van der Waals surface area (Å²) >= 11 is 0. The molecule has 1 saturated heterocycles. The second-order valence-corrected chi connectivity index (χ2v) is 14.5. The zero-order valence-corrected chi connectivity index (χ0v) is 32.0. The third-order valence-corrected chi connectivity index (χ3v) is 9.34. The molecule has 0 unspecified atom stereocenters. The summed E-state index contributed by atoms with van der Waals surface area (Å²) in [4.78, 5) is 50.1. The number of benzene rings is 1. The zero-order valence-electron chi connectivity index (χ0n) is 31.1. The third kappa shape index (κ3) is 12.5. The quantitative estimate of drug-likeness (QED) is 0.0837. The number of carbonyl (C=O) groups excluding carboxylic acids is 2. The molecule has 2 aliphatic rings. The Morgan fingerprint density at radius 2 is 1.57 bits per heavy atom. The Morgan fingerprint density at radius 1 is 0.982 bits per heavy atom. The van der Waals surface area contributed by atoms with E-state index in [-0.39, 0.29) is 11.7 Å². The van der Waals surface area contributed by atoms with Gasteiger partial charge in [0.25, 0.3) is 5.91 Å². The van der Waals surface area contributed by atoms with Crippen molar-refractivity contribution >= 4 is 30.7 Å². The highest BCUT2D eigenvalue weighted by atomic mass is 31.2. The molecule has 0 saturated carbocycles. The number of aliphatic hydroxyl groups excluding tert-OH is 6. The van der Waals surface area contributed by atoms with E-state index in [1.807, 2.05) is 0 Å². The number of fused-ring (bicyclic) bond motifs is 2. The van der Waals surface area contributed by atoms with E-state index in [1.165, 1.54) is 18.0 Å². The van der Waals surface area contributed by atoms with Crippen molar-refractivity contribution in [2.24, 2.45) is 11.5 Å². The Bertz CT molecular complexity index is 1740. The first-order valence-corrected chi connectivity index (χ1v) is 18.8. The molecular formula is C33H52N7O15P. The summed E-state index contributed by atoms with van der Waals surface area (Å²) in [7, 11) is -3.19. The Labute approximate surface area is 321 Å². The van der Waals surface area contributed by atoms with E-state index in [1.54, 1.807) is 42.2 Å². The van der Waals surface area contributed by atoms with E-state index in [4.69, 9.17) is 66.1 Å². The van der Waals surface area contributed by atoms with Gasteiger partial charge in [-0.15, -0.1) is 0 Å². The largest absolute Gasteiger partial charge is 0.485 e. The van der Waals surface area contributed by atoms with Gasteiger partial charge in [0, 0.05) is 50.0 Å². The second kappa shape index (κ2) is 20.4. The average molecular weight is 818 g/mol. The minimum Gasteiger partial charge on any atom is -0.485 e. The number of amides is 2. The minimum absolute atomic E-state index is 0.273. The number of likely N-dealkylation sites (tertiary alicyclic amines) is 1. The van der Waals surface area contributed by atoms with Crippen molar-refractivity contribution in [1.82, 2.24) is 25.0 Å². The second-order valence-electron chi connectivity index (χ2n) is 13.3. The maximum Gasteiger partial charge on any atom is 0.471 e. The maximum absolute atomic E-state index is 13.6. The third-order valence-electron chi connectivity index (χ3n) is 8.88. The van der Waals surface area contributed by atoms with Gasteiger partial charge in [0.05, 0.1) is 76.0 Å². The van der Waals surface area contributed by atoms with Gasteiger partial charge < -0.3 is 76.3 Å². The van der Waals surface area contributed by atoms with Gasteiger partial charge in [-0.3, -0.25) is 9.32 Å². The van der Waals surface area contributed by atoms with Gasteiger partial charge in [0.1, 0.15) is 22.6 Å². The van der Waals surface area contributed by atoms with Crippen LogP contribution in [0.2, 0.25) is 0 Å². The molecule has 0 aliphatic carbocycles. The first-order chi connectivity index (χ1) is 26.5. The van der Waals surface area contributed by atoms with Gasteiger partial charge >= 0.3 is 13.9 Å². The SMILES string of the molecule is CCOC(=O)N1CCC2(CC1)C[C@H](NC(=O)c1cccc3cn(COP(=O)(O)O)nc13)c1nc(OC)ccc1O2.NC(CO)(CO)CO.NC(CO)(CO)CO. The fourth-order valence-corrected chi connectivity index (χ4v) is 5.66. The highest BCUT2D eigenvalue weighted by Gasteiger charge is 2.45. The highest BCUT2D eigenvalue weighted by molar-refractivity contribution is 7.46. The van der Waals surface area contributed by atoms with Gasteiger partial charge in [-0.25, -0.2) is 19.0 Å². The Kier molecular flexibility index (Phi) is 16.9. The van der Waals surface area contributed by atoms with E-state index in [0.29, 0.717) is 67.2 Å². The number of pyridine rings is 1. The van der Waals surface area contributed by atoms with Crippen LogP contribution in [0.4, 0.5) is 4.79 Å². The number of nitrogens with two attached hydrogens (primary N) is 2. The van der Waals surface area contributed by atoms with Crippen LogP contribution in [0.5, 0.6) is 11.6 Å². The van der Waals surface area contributed by atoms with Crippen molar-refractivity contribution in [3.05, 3.63) is 47.8 Å². The maximum atomic E-state index is 13.6. The summed E-state index contributed by atoms with van der Waals surface area (Å²) in [6.45, 7) is 0.0634. The summed E-state index contributed by atoms with van der Waals surface area (Å²) < 4.78 is 33.7. The average Bonchev–Trinajstić information content (AvgIpc) is 3.63. The molecule has 2 aliphatic heterocycles. The molecule has 3 aromatic rings. The molecule has 1 spiro atoms. The first kappa shape index (κ1) is 46.4. The molecule has 2 amide bonds. The predicted octanol–water partition coefficient (Wildman–Crippen LogP) is -1.93. The molecule has 5 rings (SSSR count). The summed E-state index contributed by atoms with van der Waals surface area (Å²) in [5.74, 6) is 0.493. The number of nitrogens with one attached hydrogen (secondary N) is 1. The summed E-state index contributed by atoms with van der Waals surface area (Å²) in [5.41, 5.74) is 8.39. The first-order valence-electron chi connectivity index (χ1n) is 17.3. The molecule has 1 atom stereocenters. The molecular weight excluding hydrogens is 765 g/mol. The number of aromatic nitrogens is 3. The number of nitrogens with zero attached hydrogens (tertiary/aromatic N) is 4. The van der Waals surface area contributed by atoms with Gasteiger partial charge in [0.15, 0.2) is 6.73 Å². The predicted molar refractivity (Wildman–Crippen MR) is 196 cm³/mol. The van der Waals surface area contributed by atoms with Gasteiger partial charge in [0.2, 0.25) is 5.88 Å². The number of aliphatic hydroxyl groups is 6. The van der Waals surface area contributed by atoms with Crippen LogP contribution < -0.4 is 26.3 Å². The Morgan fingerprint density at radius 3 is 2.07 bits per heavy atom. The van der Waals surface area contributed by atoms with Crippen LogP contribution in [0.1, 0.15) is 48.3 Å². The number of piperidine rings is 1. The van der Waals surface area contributed by atoms with Crippen LogP contribution >= 0.6 is 7.82 Å². The van der Waals surface area contributed by atoms with Crippen LogP contribution in [0.25, 0.3) is 10.9 Å². The van der Waals surface area contributed by atoms with E-state index < -0.39 is 82.8 Å². The monoisotopic (exact) mass is 817 g/mol. The standard InChI is InChI=1S/C25H30N5O9P.2C4H11NO3/c1-3-37-24(32)29-11-9-25(10-12-29)13-18(22-19(39-25)7-8-20(27-22)36-2)26-23(31)17-6-4-5-16-14-30(28-21(16)17)15-38-40(33,34)35;2*5-4(1-6,2-7)3-8/h4-8,14,18H,3,9-13,15H2,1-2H3,(H,26,31)(H2,33,34,35);2*6-8H,1-3,5H2/t18-;;/m0../s1. The number of methoxy groups -OCH3 is 1. The van der Waals surface area contributed by atoms with Crippen molar-refractivity contribution in [3.8, 4) is 11.6 Å². The lowest BCUT2D eigenvalue weighted by Crippen LogP contribution is -2.53. The van der Waals surface area contributed by atoms with Crippen LogP contribution in [0.15, 0.2) is 36.5 Å². The van der Waals surface area contributed by atoms with Crippen molar-refractivity contribution < 1.29 is 73.3 Å². The lowest BCUT2D eigenvalue weighted by atomic mass is 9.81. The number of hydrogen-bond donors (Lipinski definition) is 11. The van der Waals surface area contributed by atoms with Crippen molar-refractivity contribution in [1.29, 1.82) is 0 Å². The van der Waals surface area contributed by atoms with E-state index in [2.05, 4.69) is 19.9 Å². The smallest absolute Gasteiger partial charge is 0.471 e. The molecule has 1 fully saturated rings. The van der Waals surface area contributed by atoms with Crippen LogP contribution in [0.3, 0.4) is 0 Å². The van der Waals surface area contributed by atoms with Crippen LogP contribution in [0, 0.1) is 0 Å². The van der Waals surface area contributed by atoms with Crippen molar-refractivity contribution in [2.45, 2.75) is 55.6 Å². The lowest BCUT2D eigenvalue weighted by molar-refractivity contribution is -0.0246. The van der Waals surface area contributed by atoms with E-state index in [0.717, 1.165) is 0 Å². The van der Waals surface area contributed by atoms with Crippen LogP contribution in [-0.2, 0) is 20.6 Å². The number of hydrogen-bond acceptors (Lipinski definition) is 17. The fourth-order valence-electron chi connectivity index (χ4n) is 5.39. The number of rotatable bonds is 13. The fraction of sp³-hybridized carbons (Fsp3) is 0.576. The summed E-state index contributed by atoms with van der Waals surface area (Å²) in [5, 5.41) is 58.0. The number of phosphoric acid groups is 1. The van der Waals surface area contributed by atoms with Gasteiger partial charge in [-0.05, 0) is 19.1 Å². The molecule has 0 bridgehead atoms. The summed E-state index contributed by atoms with van der Waals surface area (Å²) in [6, 6.07) is 7.97. The topological polar surface area (TPSA) is 348 Å². The Hall–Kier alpha value is -4.03. The number of phosphoric ester groups is 1. The molecule has 2 aromatic heterocycles. The number of ether oxygens (including phenoxy) is 3. The van der Waals surface area contributed by atoms with Crippen molar-refractivity contribution in [3.63, 3.8) is 0 Å². The molecule has 13 N–H and O–H groups in total. The van der Waals surface area contributed by atoms with Crippen LogP contribution in [-0.4, -0.2) is 155 Å². The molecule has 22 nitrogen and oxygen atoms in total. The minimum atomic E-state index is -4.70. The molecule has 314 valence electrons. The zero-order chi connectivity index (χ0) is 41.7. The molecule has 0 radical (unpaired) electrons.